The lowest BCUT2D eigenvalue weighted by atomic mass is 10.1. The smallest absolute Gasteiger partial charge is 0.341 e. The van der Waals surface area contributed by atoms with Crippen molar-refractivity contribution in [2.24, 2.45) is 0 Å². The fourth-order valence-electron chi connectivity index (χ4n) is 4.59. The molecule has 1 atom stereocenters. The Hall–Kier alpha value is -4.12. The Morgan fingerprint density at radius 1 is 1.08 bits per heavy atom. The second kappa shape index (κ2) is 9.40. The van der Waals surface area contributed by atoms with Crippen LogP contribution in [0.2, 0.25) is 5.15 Å². The van der Waals surface area contributed by atoms with E-state index in [1.165, 1.54) is 12.3 Å². The van der Waals surface area contributed by atoms with Gasteiger partial charge in [0.05, 0.1) is 29.3 Å². The van der Waals surface area contributed by atoms with Crippen LogP contribution in [0.15, 0.2) is 53.7 Å². The quantitative estimate of drug-likeness (QED) is 0.422. The Morgan fingerprint density at radius 2 is 1.84 bits per heavy atom. The van der Waals surface area contributed by atoms with Crippen LogP contribution in [0.1, 0.15) is 17.3 Å². The third-order valence-electron chi connectivity index (χ3n) is 6.33. The van der Waals surface area contributed by atoms with Gasteiger partial charge in [0.15, 0.2) is 0 Å². The lowest BCUT2D eigenvalue weighted by molar-refractivity contribution is 0.0695. The third-order valence-corrected chi connectivity index (χ3v) is 6.51. The Labute approximate surface area is 213 Å². The fraction of sp³-hybridized carbons (Fsp3) is 0.200. The largest absolute Gasteiger partial charge is 0.477 e. The van der Waals surface area contributed by atoms with Crippen molar-refractivity contribution in [3.05, 3.63) is 87.3 Å². The van der Waals surface area contributed by atoms with Crippen molar-refractivity contribution in [3.8, 4) is 5.69 Å². The van der Waals surface area contributed by atoms with Gasteiger partial charge in [-0.2, -0.15) is 0 Å². The number of carboxylic acid groups (broad SMARTS) is 1. The minimum absolute atomic E-state index is 0.0766. The summed E-state index contributed by atoms with van der Waals surface area (Å²) in [6, 6.07) is 4.98. The molecule has 1 unspecified atom stereocenters. The molecule has 190 valence electrons. The maximum absolute atomic E-state index is 15.4. The molecule has 1 fully saturated rings. The molecule has 0 amide bonds. The molecule has 0 spiro atoms. The first-order valence-corrected chi connectivity index (χ1v) is 11.6. The van der Waals surface area contributed by atoms with Crippen LogP contribution in [0.4, 0.5) is 24.7 Å². The number of hydrogen-bond donors (Lipinski definition) is 1. The first kappa shape index (κ1) is 24.6. The maximum Gasteiger partial charge on any atom is 0.341 e. The number of carbonyl (C=O) groups is 1. The summed E-state index contributed by atoms with van der Waals surface area (Å²) in [6.45, 7) is 3.14. The summed E-state index contributed by atoms with van der Waals surface area (Å²) in [6.07, 6.45) is 3.98. The average Bonchev–Trinajstić information content (AvgIpc) is 2.84. The summed E-state index contributed by atoms with van der Waals surface area (Å²) in [5.74, 6) is -3.51. The Bertz CT molecular complexity index is 1610. The van der Waals surface area contributed by atoms with Crippen LogP contribution in [0, 0.1) is 17.5 Å². The number of fused-ring (bicyclic) bond motifs is 1. The van der Waals surface area contributed by atoms with E-state index in [9.17, 15) is 23.5 Å². The van der Waals surface area contributed by atoms with Gasteiger partial charge in [0, 0.05) is 43.3 Å². The predicted octanol–water partition coefficient (Wildman–Crippen LogP) is 4.26. The molecule has 5 rings (SSSR count). The van der Waals surface area contributed by atoms with Crippen molar-refractivity contribution >= 4 is 40.0 Å². The van der Waals surface area contributed by atoms with E-state index < -0.39 is 34.4 Å². The molecule has 0 bridgehead atoms. The lowest BCUT2D eigenvalue weighted by Gasteiger charge is -2.41. The zero-order chi connectivity index (χ0) is 26.4. The Balaban J connectivity index is 1.61. The van der Waals surface area contributed by atoms with Gasteiger partial charge in [-0.15, -0.1) is 0 Å². The number of nitrogens with zero attached hydrogens (tertiary/aromatic N) is 5. The predicted molar refractivity (Wildman–Crippen MR) is 132 cm³/mol. The second-order valence-electron chi connectivity index (χ2n) is 8.65. The number of halogens is 4. The molecule has 1 N–H and O–H groups in total. The summed E-state index contributed by atoms with van der Waals surface area (Å²) in [5, 5.41) is 9.52. The number of pyridine rings is 1. The number of aromatic nitrogens is 3. The summed E-state index contributed by atoms with van der Waals surface area (Å²) in [7, 11) is 0. The lowest BCUT2D eigenvalue weighted by Crippen LogP contribution is -2.52. The highest BCUT2D eigenvalue weighted by Gasteiger charge is 2.28. The first-order chi connectivity index (χ1) is 17.6. The van der Waals surface area contributed by atoms with E-state index in [-0.39, 0.29) is 33.5 Å². The molecule has 8 nitrogen and oxygen atoms in total. The molecular weight excluding hydrogens is 511 g/mol. The zero-order valence-electron chi connectivity index (χ0n) is 19.3. The minimum atomic E-state index is -1.55. The number of benzene rings is 2. The van der Waals surface area contributed by atoms with Gasteiger partial charge in [0.1, 0.15) is 34.0 Å². The van der Waals surface area contributed by atoms with E-state index in [2.05, 4.69) is 9.97 Å². The highest BCUT2D eigenvalue weighted by atomic mass is 35.5. The summed E-state index contributed by atoms with van der Waals surface area (Å²) < 4.78 is 44.8. The number of rotatable bonds is 4. The van der Waals surface area contributed by atoms with Crippen LogP contribution in [0.25, 0.3) is 16.6 Å². The van der Waals surface area contributed by atoms with Crippen molar-refractivity contribution in [2.45, 2.75) is 13.0 Å². The molecule has 0 radical (unpaired) electrons. The third kappa shape index (κ3) is 4.46. The van der Waals surface area contributed by atoms with Crippen LogP contribution in [-0.2, 0) is 0 Å². The molecular formula is C25H19ClF3N5O3. The molecule has 4 aromatic rings. The molecule has 1 saturated heterocycles. The van der Waals surface area contributed by atoms with Crippen LogP contribution in [0.5, 0.6) is 0 Å². The van der Waals surface area contributed by atoms with Gasteiger partial charge in [0.25, 0.3) is 0 Å². The van der Waals surface area contributed by atoms with Gasteiger partial charge in [0.2, 0.25) is 5.43 Å². The van der Waals surface area contributed by atoms with Gasteiger partial charge in [-0.3, -0.25) is 9.78 Å². The van der Waals surface area contributed by atoms with E-state index in [0.29, 0.717) is 31.5 Å². The summed E-state index contributed by atoms with van der Waals surface area (Å²) in [5.41, 5.74) is -1.55. The van der Waals surface area contributed by atoms with Crippen molar-refractivity contribution in [3.63, 3.8) is 0 Å². The first-order valence-electron chi connectivity index (χ1n) is 11.2. The normalized spacial score (nSPS) is 15.9. The van der Waals surface area contributed by atoms with Gasteiger partial charge >= 0.3 is 5.97 Å². The Kier molecular flexibility index (Phi) is 6.24. The van der Waals surface area contributed by atoms with Gasteiger partial charge in [-0.1, -0.05) is 11.6 Å². The number of aromatic carboxylic acids is 1. The monoisotopic (exact) mass is 529 g/mol. The van der Waals surface area contributed by atoms with Crippen molar-refractivity contribution in [1.29, 1.82) is 0 Å². The SMILES string of the molecule is CC1CN(c2cc3c(cc2F)c(=O)c(C(=O)O)cn3-c2ccc(F)cc2F)CCN1c1cncc(Cl)n1. The van der Waals surface area contributed by atoms with E-state index in [4.69, 9.17) is 11.6 Å². The Morgan fingerprint density at radius 3 is 2.51 bits per heavy atom. The summed E-state index contributed by atoms with van der Waals surface area (Å²) in [4.78, 5) is 36.7. The van der Waals surface area contributed by atoms with Crippen molar-refractivity contribution in [1.82, 2.24) is 14.5 Å². The molecule has 12 heteroatoms. The molecule has 37 heavy (non-hydrogen) atoms. The number of anilines is 2. The molecule has 2 aromatic heterocycles. The van der Waals surface area contributed by atoms with Gasteiger partial charge in [-0.25, -0.2) is 22.9 Å². The van der Waals surface area contributed by atoms with E-state index in [0.717, 1.165) is 29.0 Å². The molecule has 1 aliphatic heterocycles. The van der Waals surface area contributed by atoms with Crippen LogP contribution in [-0.4, -0.2) is 51.3 Å². The fourth-order valence-corrected chi connectivity index (χ4v) is 4.74. The molecule has 0 aliphatic carbocycles. The van der Waals surface area contributed by atoms with Gasteiger partial charge in [-0.05, 0) is 31.2 Å². The van der Waals surface area contributed by atoms with Crippen LogP contribution in [0.3, 0.4) is 0 Å². The van der Waals surface area contributed by atoms with Crippen molar-refractivity contribution in [2.75, 3.05) is 29.4 Å². The number of hydrogen-bond acceptors (Lipinski definition) is 6. The van der Waals surface area contributed by atoms with Gasteiger partial charge < -0.3 is 19.5 Å². The van der Waals surface area contributed by atoms with E-state index in [1.807, 2.05) is 11.8 Å². The highest BCUT2D eigenvalue weighted by molar-refractivity contribution is 6.29. The molecule has 0 saturated carbocycles. The number of piperazine rings is 1. The van der Waals surface area contributed by atoms with E-state index >= 15 is 4.39 Å². The number of carboxylic acids is 1. The van der Waals surface area contributed by atoms with E-state index in [1.54, 1.807) is 11.1 Å². The summed E-state index contributed by atoms with van der Waals surface area (Å²) >= 11 is 5.97. The average molecular weight is 530 g/mol. The standard InChI is InChI=1S/C25H19ClF3N5O3/c1-13-11-32(4-5-33(13)23-10-30-9-22(26)31-23)21-8-20-15(7-18(21)29)24(35)16(25(36)37)12-34(20)19-3-2-14(27)6-17(19)28/h2-3,6-10,12-13H,4-5,11H2,1H3,(H,36,37). The minimum Gasteiger partial charge on any atom is -0.477 e. The van der Waals surface area contributed by atoms with Crippen molar-refractivity contribution < 1.29 is 23.1 Å². The second-order valence-corrected chi connectivity index (χ2v) is 9.04. The molecule has 1 aliphatic rings. The molecule has 3 heterocycles. The van der Waals surface area contributed by atoms with Crippen LogP contribution < -0.4 is 15.2 Å². The van der Waals surface area contributed by atoms with Crippen LogP contribution >= 0.6 is 11.6 Å². The topological polar surface area (TPSA) is 91.6 Å². The highest BCUT2D eigenvalue weighted by Crippen LogP contribution is 2.30. The molecule has 2 aromatic carbocycles. The zero-order valence-corrected chi connectivity index (χ0v) is 20.1. The maximum atomic E-state index is 15.4.